The third kappa shape index (κ3) is 6.39. The molecule has 1 aliphatic heterocycles. The van der Waals surface area contributed by atoms with Gasteiger partial charge in [0.1, 0.15) is 0 Å². The van der Waals surface area contributed by atoms with Crippen LogP contribution in [0, 0.1) is 0 Å². The molecule has 0 spiro atoms. The second kappa shape index (κ2) is 12.6. The lowest BCUT2D eigenvalue weighted by Gasteiger charge is -2.28. The molecule has 200 valence electrons. The van der Waals surface area contributed by atoms with E-state index in [1.165, 1.54) is 12.0 Å². The van der Waals surface area contributed by atoms with E-state index in [4.69, 9.17) is 9.47 Å². The maximum atomic E-state index is 13.7. The molecule has 37 heavy (non-hydrogen) atoms. The SMILES string of the molecule is CCOc1cc([C@@H](CC(=O)N(C)C)N2C(=O)c3cccc(NC(=O)CN(C)C)c3C2=O)ccc1OC.[Cl-].[H+]. The first-order chi connectivity index (χ1) is 17.1. The van der Waals surface area contributed by atoms with E-state index in [0.717, 1.165) is 4.90 Å². The van der Waals surface area contributed by atoms with Crippen LogP contribution >= 0.6 is 0 Å². The van der Waals surface area contributed by atoms with Crippen LogP contribution in [0.1, 0.15) is 47.1 Å². The standard InChI is InChI=1S/C26H32N4O6.ClH/c1-7-36-21-13-16(11-12-20(21)35-6)19(14-23(32)29(4)5)30-25(33)17-9-8-10-18(24(17)26(30)34)27-22(31)15-28(2)3;/h8-13,19H,7,14-15H2,1-6H3,(H,27,31);1H/t19-;/m1./s1. The smallest absolute Gasteiger partial charge is 1.00 e. The number of imide groups is 1. The molecule has 4 amide bonds. The zero-order chi connectivity index (χ0) is 26.6. The first-order valence-corrected chi connectivity index (χ1v) is 11.5. The molecule has 0 aromatic heterocycles. The number of hydrogen-bond donors (Lipinski definition) is 1. The summed E-state index contributed by atoms with van der Waals surface area (Å²) < 4.78 is 11.0. The number of halogens is 1. The molecule has 0 saturated heterocycles. The Morgan fingerprint density at radius 1 is 1.05 bits per heavy atom. The fraction of sp³-hybridized carbons (Fsp3) is 0.385. The molecule has 0 unspecified atom stereocenters. The number of anilines is 1. The molecule has 1 atom stereocenters. The van der Waals surface area contributed by atoms with Crippen molar-refractivity contribution in [1.29, 1.82) is 0 Å². The number of methoxy groups -OCH3 is 1. The summed E-state index contributed by atoms with van der Waals surface area (Å²) in [6.45, 7) is 2.32. The summed E-state index contributed by atoms with van der Waals surface area (Å²) in [7, 11) is 8.24. The summed E-state index contributed by atoms with van der Waals surface area (Å²) in [6.07, 6.45) is -0.126. The van der Waals surface area contributed by atoms with Crippen LogP contribution in [0.2, 0.25) is 0 Å². The fourth-order valence-corrected chi connectivity index (χ4v) is 4.04. The summed E-state index contributed by atoms with van der Waals surface area (Å²) in [5.41, 5.74) is 1.07. The molecule has 2 aromatic carbocycles. The van der Waals surface area contributed by atoms with Crippen LogP contribution in [0.25, 0.3) is 0 Å². The minimum atomic E-state index is -0.900. The van der Waals surface area contributed by atoms with Crippen molar-refractivity contribution in [3.8, 4) is 11.5 Å². The van der Waals surface area contributed by atoms with Gasteiger partial charge < -0.3 is 37.0 Å². The summed E-state index contributed by atoms with van der Waals surface area (Å²) in [5, 5.41) is 2.73. The highest BCUT2D eigenvalue weighted by Gasteiger charge is 2.43. The van der Waals surface area contributed by atoms with Crippen molar-refractivity contribution < 1.29 is 42.5 Å². The predicted molar refractivity (Wildman–Crippen MR) is 135 cm³/mol. The number of amides is 4. The Hall–Kier alpha value is -3.63. The van der Waals surface area contributed by atoms with Gasteiger partial charge in [-0.2, -0.15) is 0 Å². The lowest BCUT2D eigenvalue weighted by Crippen LogP contribution is -3.00. The van der Waals surface area contributed by atoms with Crippen molar-refractivity contribution in [3.05, 3.63) is 53.1 Å². The van der Waals surface area contributed by atoms with E-state index in [1.54, 1.807) is 69.5 Å². The maximum absolute atomic E-state index is 13.7. The van der Waals surface area contributed by atoms with E-state index in [2.05, 4.69) is 5.32 Å². The Kier molecular flexibility index (Phi) is 10.0. The summed E-state index contributed by atoms with van der Waals surface area (Å²) >= 11 is 0. The lowest BCUT2D eigenvalue weighted by molar-refractivity contribution is -0.129. The van der Waals surface area contributed by atoms with E-state index < -0.39 is 17.9 Å². The predicted octanol–water partition coefficient (Wildman–Crippen LogP) is -0.474. The maximum Gasteiger partial charge on any atom is 1.00 e. The molecule has 0 fully saturated rings. The van der Waals surface area contributed by atoms with Gasteiger partial charge in [0.25, 0.3) is 11.8 Å². The topological polar surface area (TPSA) is 108 Å². The monoisotopic (exact) mass is 532 g/mol. The number of carbonyl (C=O) groups is 4. The van der Waals surface area contributed by atoms with E-state index in [0.29, 0.717) is 23.7 Å². The van der Waals surface area contributed by atoms with Gasteiger partial charge in [0, 0.05) is 14.1 Å². The molecule has 2 aromatic rings. The molecule has 1 N–H and O–H groups in total. The third-order valence-electron chi connectivity index (χ3n) is 5.73. The molecule has 10 nitrogen and oxygen atoms in total. The highest BCUT2D eigenvalue weighted by atomic mass is 35.5. The molecule has 0 bridgehead atoms. The van der Waals surface area contributed by atoms with Gasteiger partial charge in [0.05, 0.1) is 49.5 Å². The molecule has 1 aliphatic rings. The highest BCUT2D eigenvalue weighted by Crippen LogP contribution is 2.39. The summed E-state index contributed by atoms with van der Waals surface area (Å²) in [6, 6.07) is 8.90. The molecular weight excluding hydrogens is 500 g/mol. The minimum absolute atomic E-state index is 0. The van der Waals surface area contributed by atoms with Gasteiger partial charge in [-0.05, 0) is 50.8 Å². The Balaban J connectivity index is 0.00000361. The van der Waals surface area contributed by atoms with E-state index in [9.17, 15) is 19.2 Å². The molecule has 3 rings (SSSR count). The molecular formula is C26H33ClN4O6. The van der Waals surface area contributed by atoms with Gasteiger partial charge >= 0.3 is 1.43 Å². The summed E-state index contributed by atoms with van der Waals surface area (Å²) in [5.74, 6) is -0.766. The van der Waals surface area contributed by atoms with Crippen LogP contribution < -0.4 is 27.2 Å². The van der Waals surface area contributed by atoms with Gasteiger partial charge in [0.2, 0.25) is 11.8 Å². The van der Waals surface area contributed by atoms with Crippen LogP contribution in [0.3, 0.4) is 0 Å². The summed E-state index contributed by atoms with van der Waals surface area (Å²) in [4.78, 5) is 56.6. The second-order valence-corrected chi connectivity index (χ2v) is 8.85. The first kappa shape index (κ1) is 29.6. The number of fused-ring (bicyclic) bond motifs is 1. The zero-order valence-corrected chi connectivity index (χ0v) is 22.6. The normalized spacial score (nSPS) is 13.1. The van der Waals surface area contributed by atoms with Crippen LogP contribution in [-0.2, 0) is 9.59 Å². The number of benzene rings is 2. The first-order valence-electron chi connectivity index (χ1n) is 11.5. The number of likely N-dealkylation sites (N-methyl/N-ethyl adjacent to an activating group) is 1. The molecule has 0 saturated carbocycles. The van der Waals surface area contributed by atoms with E-state index in [-0.39, 0.29) is 55.4 Å². The Morgan fingerprint density at radius 3 is 2.35 bits per heavy atom. The van der Waals surface area contributed by atoms with Crippen molar-refractivity contribution in [2.45, 2.75) is 19.4 Å². The van der Waals surface area contributed by atoms with Gasteiger partial charge in [0.15, 0.2) is 11.5 Å². The molecule has 0 aliphatic carbocycles. The fourth-order valence-electron chi connectivity index (χ4n) is 4.04. The minimum Gasteiger partial charge on any atom is -1.00 e. The van der Waals surface area contributed by atoms with Gasteiger partial charge in [-0.15, -0.1) is 0 Å². The highest BCUT2D eigenvalue weighted by molar-refractivity contribution is 6.24. The van der Waals surface area contributed by atoms with Gasteiger partial charge in [-0.3, -0.25) is 24.1 Å². The van der Waals surface area contributed by atoms with Crippen LogP contribution in [0.5, 0.6) is 11.5 Å². The second-order valence-electron chi connectivity index (χ2n) is 8.85. The van der Waals surface area contributed by atoms with Crippen LogP contribution in [0.15, 0.2) is 36.4 Å². The van der Waals surface area contributed by atoms with Crippen molar-refractivity contribution in [2.75, 3.05) is 53.8 Å². The average Bonchev–Trinajstić information content (AvgIpc) is 3.07. The third-order valence-corrected chi connectivity index (χ3v) is 5.73. The zero-order valence-electron chi connectivity index (χ0n) is 22.8. The number of rotatable bonds is 10. The molecule has 1 heterocycles. The van der Waals surface area contributed by atoms with E-state index in [1.807, 2.05) is 6.92 Å². The van der Waals surface area contributed by atoms with Crippen molar-refractivity contribution in [1.82, 2.24) is 14.7 Å². The van der Waals surface area contributed by atoms with Crippen molar-refractivity contribution in [2.24, 2.45) is 0 Å². The number of nitrogens with one attached hydrogen (secondary N) is 1. The number of ether oxygens (including phenoxy) is 2. The molecule has 11 heteroatoms. The van der Waals surface area contributed by atoms with Crippen molar-refractivity contribution in [3.63, 3.8) is 0 Å². The number of nitrogens with zero attached hydrogens (tertiary/aromatic N) is 3. The van der Waals surface area contributed by atoms with Gasteiger partial charge in [-0.25, -0.2) is 0 Å². The van der Waals surface area contributed by atoms with Crippen LogP contribution in [0.4, 0.5) is 5.69 Å². The Labute approximate surface area is 224 Å². The van der Waals surface area contributed by atoms with E-state index >= 15 is 0 Å². The quantitative estimate of drug-likeness (QED) is 0.412. The largest absolute Gasteiger partial charge is 1.00 e. The number of carbonyl (C=O) groups excluding carboxylic acids is 4. The van der Waals surface area contributed by atoms with Crippen molar-refractivity contribution >= 4 is 29.3 Å². The molecule has 0 radical (unpaired) electrons. The lowest BCUT2D eigenvalue weighted by atomic mass is 10.0. The van der Waals surface area contributed by atoms with Gasteiger partial charge in [-0.1, -0.05) is 12.1 Å². The van der Waals surface area contributed by atoms with Crippen LogP contribution in [-0.4, -0.2) is 86.8 Å². The number of hydrogen-bond acceptors (Lipinski definition) is 7. The Morgan fingerprint density at radius 2 is 1.76 bits per heavy atom. The Bertz CT molecular complexity index is 1190. The average molecular weight is 533 g/mol.